The summed E-state index contributed by atoms with van der Waals surface area (Å²) in [5.74, 6) is -0.0367. The van der Waals surface area contributed by atoms with Crippen molar-refractivity contribution in [2.24, 2.45) is 0 Å². The maximum absolute atomic E-state index is 12.2. The Bertz CT molecular complexity index is 469. The van der Waals surface area contributed by atoms with Crippen molar-refractivity contribution in [3.05, 3.63) is 35.9 Å². The zero-order valence-electron chi connectivity index (χ0n) is 18.6. The van der Waals surface area contributed by atoms with Crippen LogP contribution < -0.4 is 0 Å². The molecule has 0 spiro atoms. The predicted octanol–water partition coefficient (Wildman–Crippen LogP) is 8.55. The Labute approximate surface area is 174 Å². The molecule has 1 unspecified atom stereocenters. The van der Waals surface area contributed by atoms with Crippen LogP contribution in [0.3, 0.4) is 0 Å². The number of carbonyl (C=O) groups is 1. The summed E-state index contributed by atoms with van der Waals surface area (Å²) in [5.41, 5.74) is 1.11. The molecule has 0 N–H and O–H groups in total. The van der Waals surface area contributed by atoms with Crippen molar-refractivity contribution in [2.45, 2.75) is 123 Å². The van der Waals surface area contributed by atoms with Gasteiger partial charge in [0.05, 0.1) is 0 Å². The highest BCUT2D eigenvalue weighted by Crippen LogP contribution is 2.23. The summed E-state index contributed by atoms with van der Waals surface area (Å²) in [6.45, 7) is 4.41. The minimum atomic E-state index is -0.0827. The second kappa shape index (κ2) is 17.8. The fourth-order valence-electron chi connectivity index (χ4n) is 3.73. The number of unbranched alkanes of at least 4 members (excludes halogenated alkanes) is 12. The molecule has 2 nitrogen and oxygen atoms in total. The van der Waals surface area contributed by atoms with Gasteiger partial charge in [0.2, 0.25) is 0 Å². The van der Waals surface area contributed by atoms with E-state index in [0.717, 1.165) is 31.2 Å². The standard InChI is InChI=1S/C26H44O2/c1-3-5-6-7-8-9-10-11-12-13-14-15-19-23-26(27)28-25(20-4-2)24-21-17-16-18-22-24/h16-18,21-22,25H,3-15,19-20,23H2,1-2H3. The summed E-state index contributed by atoms with van der Waals surface area (Å²) in [7, 11) is 0. The molecule has 1 rings (SSSR count). The topological polar surface area (TPSA) is 26.3 Å². The Hall–Kier alpha value is -1.31. The minimum absolute atomic E-state index is 0.0367. The molecule has 0 saturated heterocycles. The molecule has 0 saturated carbocycles. The summed E-state index contributed by atoms with van der Waals surface area (Å²) in [4.78, 5) is 12.2. The lowest BCUT2D eigenvalue weighted by Gasteiger charge is -2.17. The third kappa shape index (κ3) is 13.0. The van der Waals surface area contributed by atoms with Gasteiger partial charge in [0.15, 0.2) is 0 Å². The first kappa shape index (κ1) is 24.7. The summed E-state index contributed by atoms with van der Waals surface area (Å²) in [6, 6.07) is 10.1. The molecule has 0 aromatic heterocycles. The average Bonchev–Trinajstić information content (AvgIpc) is 2.72. The number of hydrogen-bond acceptors (Lipinski definition) is 2. The molecule has 0 aliphatic heterocycles. The second-order valence-corrected chi connectivity index (χ2v) is 8.17. The van der Waals surface area contributed by atoms with Crippen molar-refractivity contribution in [1.82, 2.24) is 0 Å². The summed E-state index contributed by atoms with van der Waals surface area (Å²) >= 11 is 0. The maximum Gasteiger partial charge on any atom is 0.306 e. The third-order valence-electron chi connectivity index (χ3n) is 5.48. The van der Waals surface area contributed by atoms with Gasteiger partial charge in [-0.05, 0) is 18.4 Å². The van der Waals surface area contributed by atoms with Gasteiger partial charge in [-0.2, -0.15) is 0 Å². The molecule has 0 bridgehead atoms. The van der Waals surface area contributed by atoms with Crippen molar-refractivity contribution in [1.29, 1.82) is 0 Å². The van der Waals surface area contributed by atoms with E-state index in [4.69, 9.17) is 4.74 Å². The van der Waals surface area contributed by atoms with E-state index in [2.05, 4.69) is 26.0 Å². The van der Waals surface area contributed by atoms with Gasteiger partial charge in [0, 0.05) is 6.42 Å². The smallest absolute Gasteiger partial charge is 0.306 e. The van der Waals surface area contributed by atoms with Crippen LogP contribution in [0.4, 0.5) is 0 Å². The van der Waals surface area contributed by atoms with Crippen molar-refractivity contribution in [2.75, 3.05) is 0 Å². The number of hydrogen-bond donors (Lipinski definition) is 0. The molecule has 1 aromatic carbocycles. The Morgan fingerprint density at radius 2 is 1.21 bits per heavy atom. The van der Waals surface area contributed by atoms with Gasteiger partial charge in [-0.25, -0.2) is 0 Å². The molecule has 0 radical (unpaired) electrons. The van der Waals surface area contributed by atoms with Crippen LogP contribution in [0.5, 0.6) is 0 Å². The lowest BCUT2D eigenvalue weighted by molar-refractivity contribution is -0.150. The van der Waals surface area contributed by atoms with E-state index >= 15 is 0 Å². The van der Waals surface area contributed by atoms with Crippen LogP contribution in [-0.4, -0.2) is 5.97 Å². The lowest BCUT2D eigenvalue weighted by Crippen LogP contribution is -2.11. The number of benzene rings is 1. The second-order valence-electron chi connectivity index (χ2n) is 8.17. The summed E-state index contributed by atoms with van der Waals surface area (Å²) in [6.07, 6.45) is 19.6. The molecule has 28 heavy (non-hydrogen) atoms. The maximum atomic E-state index is 12.2. The van der Waals surface area contributed by atoms with E-state index in [-0.39, 0.29) is 12.1 Å². The van der Waals surface area contributed by atoms with Crippen LogP contribution in [0.1, 0.15) is 128 Å². The van der Waals surface area contributed by atoms with Crippen LogP contribution >= 0.6 is 0 Å². The zero-order valence-corrected chi connectivity index (χ0v) is 18.6. The molecule has 0 amide bonds. The summed E-state index contributed by atoms with van der Waals surface area (Å²) in [5, 5.41) is 0. The third-order valence-corrected chi connectivity index (χ3v) is 5.48. The monoisotopic (exact) mass is 388 g/mol. The molecule has 0 aliphatic rings. The molecule has 0 aliphatic carbocycles. The number of carbonyl (C=O) groups excluding carboxylic acids is 1. The largest absolute Gasteiger partial charge is 0.457 e. The van der Waals surface area contributed by atoms with E-state index in [0.29, 0.717) is 6.42 Å². The first-order chi connectivity index (χ1) is 13.8. The molecular formula is C26H44O2. The number of ether oxygens (including phenoxy) is 1. The first-order valence-corrected chi connectivity index (χ1v) is 12.0. The summed E-state index contributed by atoms with van der Waals surface area (Å²) < 4.78 is 5.75. The van der Waals surface area contributed by atoms with E-state index in [9.17, 15) is 4.79 Å². The predicted molar refractivity (Wildman–Crippen MR) is 120 cm³/mol. The Morgan fingerprint density at radius 3 is 1.71 bits per heavy atom. The van der Waals surface area contributed by atoms with Crippen molar-refractivity contribution in [3.63, 3.8) is 0 Å². The van der Waals surface area contributed by atoms with Crippen molar-refractivity contribution >= 4 is 5.97 Å². The molecule has 0 fully saturated rings. The van der Waals surface area contributed by atoms with Gasteiger partial charge < -0.3 is 4.74 Å². The normalized spacial score (nSPS) is 12.1. The lowest BCUT2D eigenvalue weighted by atomic mass is 10.0. The molecule has 0 heterocycles. The van der Waals surface area contributed by atoms with Gasteiger partial charge in [-0.15, -0.1) is 0 Å². The van der Waals surface area contributed by atoms with Crippen LogP contribution in [0, 0.1) is 0 Å². The van der Waals surface area contributed by atoms with E-state index in [1.165, 1.54) is 70.6 Å². The van der Waals surface area contributed by atoms with Gasteiger partial charge in [0.25, 0.3) is 0 Å². The van der Waals surface area contributed by atoms with Gasteiger partial charge in [0.1, 0.15) is 6.10 Å². The van der Waals surface area contributed by atoms with E-state index in [1.54, 1.807) is 0 Å². The fourth-order valence-corrected chi connectivity index (χ4v) is 3.73. The van der Waals surface area contributed by atoms with Gasteiger partial charge in [-0.1, -0.05) is 128 Å². The van der Waals surface area contributed by atoms with Crippen LogP contribution in [0.15, 0.2) is 30.3 Å². The van der Waals surface area contributed by atoms with Crippen LogP contribution in [-0.2, 0) is 9.53 Å². The molecule has 1 aromatic rings. The van der Waals surface area contributed by atoms with Crippen molar-refractivity contribution < 1.29 is 9.53 Å². The molecule has 160 valence electrons. The first-order valence-electron chi connectivity index (χ1n) is 12.0. The highest BCUT2D eigenvalue weighted by molar-refractivity contribution is 5.69. The minimum Gasteiger partial charge on any atom is -0.457 e. The Morgan fingerprint density at radius 1 is 0.714 bits per heavy atom. The number of esters is 1. The zero-order chi connectivity index (χ0) is 20.3. The van der Waals surface area contributed by atoms with Crippen LogP contribution in [0.25, 0.3) is 0 Å². The van der Waals surface area contributed by atoms with Gasteiger partial charge in [-0.3, -0.25) is 4.79 Å². The fraction of sp³-hybridized carbons (Fsp3) is 0.731. The average molecular weight is 389 g/mol. The Balaban J connectivity index is 1.98. The van der Waals surface area contributed by atoms with E-state index in [1.807, 2.05) is 18.2 Å². The van der Waals surface area contributed by atoms with Crippen molar-refractivity contribution in [3.8, 4) is 0 Å². The highest BCUT2D eigenvalue weighted by Gasteiger charge is 2.15. The Kier molecular flexibility index (Phi) is 15.7. The quantitative estimate of drug-likeness (QED) is 0.186. The van der Waals surface area contributed by atoms with Crippen LogP contribution in [0.2, 0.25) is 0 Å². The highest BCUT2D eigenvalue weighted by atomic mass is 16.5. The SMILES string of the molecule is CCCCCCCCCCCCCCCC(=O)OC(CCC)c1ccccc1. The molecular weight excluding hydrogens is 344 g/mol. The van der Waals surface area contributed by atoms with E-state index < -0.39 is 0 Å². The molecule has 1 atom stereocenters. The van der Waals surface area contributed by atoms with Gasteiger partial charge >= 0.3 is 5.97 Å². The number of rotatable bonds is 18. The molecule has 2 heteroatoms.